The van der Waals surface area contributed by atoms with Crippen LogP contribution >= 0.6 is 0 Å². The molecule has 0 aliphatic carbocycles. The molecule has 3 rings (SSSR count). The van der Waals surface area contributed by atoms with Crippen LogP contribution < -0.4 is 9.91 Å². The zero-order valence-corrected chi connectivity index (χ0v) is 14.0. The molecule has 1 N–H and O–H groups in total. The Morgan fingerprint density at radius 1 is 1.27 bits per heavy atom. The van der Waals surface area contributed by atoms with Gasteiger partial charge in [0.05, 0.1) is 16.8 Å². The Kier molecular flexibility index (Phi) is 4.29. The highest BCUT2D eigenvalue weighted by Crippen LogP contribution is 2.26. The molecule has 0 bridgehead atoms. The predicted octanol–water partition coefficient (Wildman–Crippen LogP) is 2.35. The summed E-state index contributed by atoms with van der Waals surface area (Å²) in [5, 5.41) is 23.3. The van der Waals surface area contributed by atoms with Crippen molar-refractivity contribution in [1.29, 1.82) is 5.26 Å². The first kappa shape index (κ1) is 17.0. The van der Waals surface area contributed by atoms with E-state index in [1.165, 1.54) is 30.3 Å². The fraction of sp³-hybridized carbons (Fsp3) is 0.111. The van der Waals surface area contributed by atoms with E-state index in [1.54, 1.807) is 17.0 Å². The molecule has 0 spiro atoms. The first-order valence-electron chi connectivity index (χ1n) is 7.56. The number of anilines is 2. The lowest BCUT2D eigenvalue weighted by Crippen LogP contribution is -2.21. The number of nitrogens with zero attached hydrogens (tertiary/aromatic N) is 4. The third kappa shape index (κ3) is 3.06. The largest absolute Gasteiger partial charge is 0.478 e. The molecule has 2 heterocycles. The molecule has 8 heteroatoms. The average Bonchev–Trinajstić information content (AvgIpc) is 3.21. The first-order valence-corrected chi connectivity index (χ1v) is 7.56. The van der Waals surface area contributed by atoms with Crippen LogP contribution in [0.2, 0.25) is 0 Å². The number of rotatable bonds is 4. The highest BCUT2D eigenvalue weighted by atomic mass is 16.4. The van der Waals surface area contributed by atoms with Crippen LogP contribution in [0.4, 0.5) is 11.6 Å². The van der Waals surface area contributed by atoms with Crippen molar-refractivity contribution in [2.45, 2.75) is 0 Å². The van der Waals surface area contributed by atoms with Crippen LogP contribution in [-0.2, 0) is 4.79 Å². The number of carbonyl (C=O) groups excluding carboxylic acids is 1. The zero-order chi connectivity index (χ0) is 18.8. The number of carbonyl (C=O) groups is 2. The fourth-order valence-electron chi connectivity index (χ4n) is 2.35. The second kappa shape index (κ2) is 6.57. The molecule has 0 fully saturated rings. The Balaban J connectivity index is 1.93. The molecule has 0 saturated heterocycles. The molecular formula is C18H14N4O4. The van der Waals surface area contributed by atoms with Gasteiger partial charge in [0.1, 0.15) is 11.8 Å². The first-order chi connectivity index (χ1) is 12.4. The van der Waals surface area contributed by atoms with Crippen LogP contribution in [-0.4, -0.2) is 36.8 Å². The minimum Gasteiger partial charge on any atom is -0.478 e. The Morgan fingerprint density at radius 3 is 2.50 bits per heavy atom. The maximum Gasteiger partial charge on any atom is 0.335 e. The van der Waals surface area contributed by atoms with Crippen molar-refractivity contribution in [3.8, 4) is 6.07 Å². The number of nitriles is 1. The van der Waals surface area contributed by atoms with Crippen molar-refractivity contribution in [3.05, 3.63) is 53.3 Å². The monoisotopic (exact) mass is 350 g/mol. The molecule has 1 aliphatic heterocycles. The van der Waals surface area contributed by atoms with E-state index in [1.807, 2.05) is 20.2 Å². The van der Waals surface area contributed by atoms with Crippen LogP contribution in [0, 0.1) is 11.3 Å². The lowest BCUT2D eigenvalue weighted by atomic mass is 10.1. The van der Waals surface area contributed by atoms with Crippen LogP contribution in [0.1, 0.15) is 16.1 Å². The Morgan fingerprint density at radius 2 is 1.96 bits per heavy atom. The van der Waals surface area contributed by atoms with Crippen molar-refractivity contribution in [2.24, 2.45) is 5.10 Å². The van der Waals surface area contributed by atoms with Crippen LogP contribution in [0.3, 0.4) is 0 Å². The molecule has 1 aromatic heterocycles. The second-order valence-electron chi connectivity index (χ2n) is 5.66. The smallest absolute Gasteiger partial charge is 0.335 e. The van der Waals surface area contributed by atoms with Crippen molar-refractivity contribution < 1.29 is 19.1 Å². The van der Waals surface area contributed by atoms with Gasteiger partial charge in [-0.2, -0.15) is 15.4 Å². The molecule has 8 nitrogen and oxygen atoms in total. The summed E-state index contributed by atoms with van der Waals surface area (Å²) in [5.41, 5.74) is 0.520. The number of carboxylic acid groups (broad SMARTS) is 1. The summed E-state index contributed by atoms with van der Waals surface area (Å²) in [7, 11) is 3.64. The van der Waals surface area contributed by atoms with Gasteiger partial charge in [0.25, 0.3) is 5.91 Å². The summed E-state index contributed by atoms with van der Waals surface area (Å²) in [5.74, 6) is -0.532. The molecule has 0 unspecified atom stereocenters. The summed E-state index contributed by atoms with van der Waals surface area (Å²) in [6.45, 7) is 0. The molecule has 26 heavy (non-hydrogen) atoms. The number of amides is 1. The summed E-state index contributed by atoms with van der Waals surface area (Å²) >= 11 is 0. The number of benzene rings is 1. The molecule has 0 saturated carbocycles. The van der Waals surface area contributed by atoms with Crippen molar-refractivity contribution in [1.82, 2.24) is 0 Å². The van der Waals surface area contributed by atoms with Crippen LogP contribution in [0.5, 0.6) is 0 Å². The maximum atomic E-state index is 12.7. The van der Waals surface area contributed by atoms with Gasteiger partial charge in [-0.25, -0.2) is 4.79 Å². The van der Waals surface area contributed by atoms with E-state index in [0.29, 0.717) is 17.3 Å². The fourth-order valence-corrected chi connectivity index (χ4v) is 2.35. The molecule has 0 atom stereocenters. The van der Waals surface area contributed by atoms with Crippen molar-refractivity contribution in [3.63, 3.8) is 0 Å². The zero-order valence-electron chi connectivity index (χ0n) is 14.0. The lowest BCUT2D eigenvalue weighted by molar-refractivity contribution is -0.114. The molecule has 1 aromatic carbocycles. The van der Waals surface area contributed by atoms with Crippen LogP contribution in [0.15, 0.2) is 51.5 Å². The van der Waals surface area contributed by atoms with Gasteiger partial charge in [0.15, 0.2) is 11.6 Å². The van der Waals surface area contributed by atoms with Gasteiger partial charge in [-0.1, -0.05) is 0 Å². The Bertz CT molecular complexity index is 977. The van der Waals surface area contributed by atoms with E-state index in [9.17, 15) is 14.9 Å². The van der Waals surface area contributed by atoms with Gasteiger partial charge in [-0.15, -0.1) is 0 Å². The highest BCUT2D eigenvalue weighted by molar-refractivity contribution is 6.37. The average molecular weight is 350 g/mol. The molecule has 130 valence electrons. The van der Waals surface area contributed by atoms with Gasteiger partial charge in [-0.3, -0.25) is 4.79 Å². The van der Waals surface area contributed by atoms with Crippen molar-refractivity contribution >= 4 is 35.2 Å². The predicted molar refractivity (Wildman–Crippen MR) is 94.9 cm³/mol. The lowest BCUT2D eigenvalue weighted by Gasteiger charge is -2.11. The summed E-state index contributed by atoms with van der Waals surface area (Å²) in [6, 6.07) is 11.0. The summed E-state index contributed by atoms with van der Waals surface area (Å²) in [6.07, 6.45) is 1.46. The van der Waals surface area contributed by atoms with Gasteiger partial charge < -0.3 is 14.4 Å². The minimum atomic E-state index is -1.07. The summed E-state index contributed by atoms with van der Waals surface area (Å²) in [4.78, 5) is 25.4. The number of hydrazone groups is 1. The second-order valence-corrected chi connectivity index (χ2v) is 5.66. The maximum absolute atomic E-state index is 12.7. The van der Waals surface area contributed by atoms with Crippen molar-refractivity contribution in [2.75, 3.05) is 24.0 Å². The molecule has 1 amide bonds. The van der Waals surface area contributed by atoms with E-state index in [2.05, 4.69) is 5.10 Å². The van der Waals surface area contributed by atoms with E-state index in [-0.39, 0.29) is 16.8 Å². The normalized spacial score (nSPS) is 15.1. The molecule has 0 radical (unpaired) electrons. The number of hydrogen-bond donors (Lipinski definition) is 1. The van der Waals surface area contributed by atoms with E-state index in [4.69, 9.17) is 9.52 Å². The van der Waals surface area contributed by atoms with E-state index < -0.39 is 11.9 Å². The number of aromatic carboxylic acids is 1. The highest BCUT2D eigenvalue weighted by Gasteiger charge is 2.31. The number of carboxylic acids is 1. The quantitative estimate of drug-likeness (QED) is 0.848. The topological polar surface area (TPSA) is 110 Å². The molecular weight excluding hydrogens is 336 g/mol. The van der Waals surface area contributed by atoms with Gasteiger partial charge in [0, 0.05) is 20.2 Å². The Hall–Kier alpha value is -3.86. The molecule has 1 aliphatic rings. The summed E-state index contributed by atoms with van der Waals surface area (Å²) < 4.78 is 5.58. The van der Waals surface area contributed by atoms with Crippen LogP contribution in [0.25, 0.3) is 6.08 Å². The van der Waals surface area contributed by atoms with E-state index >= 15 is 0 Å². The SMILES string of the molecule is CN(C)c1ccc(C=C2C(=O)N(c3ccc(C(=O)O)cc3)N=C2C#N)o1. The Labute approximate surface area is 148 Å². The molecule has 2 aromatic rings. The van der Waals surface area contributed by atoms with Gasteiger partial charge in [-0.05, 0) is 36.4 Å². The number of hydrogen-bond acceptors (Lipinski definition) is 6. The standard InChI is InChI=1S/C18H14N4O4/c1-21(2)16-8-7-13(26-16)9-14-15(10-19)20-22(17(14)23)12-5-3-11(4-6-12)18(24)25/h3-9H,1-2H3,(H,24,25). The minimum absolute atomic E-state index is 0.0416. The van der Waals surface area contributed by atoms with E-state index in [0.717, 1.165) is 5.01 Å². The third-order valence-electron chi connectivity index (χ3n) is 3.68. The number of furan rings is 1. The van der Waals surface area contributed by atoms with Gasteiger partial charge in [0.2, 0.25) is 0 Å². The third-order valence-corrected chi connectivity index (χ3v) is 3.68. The van der Waals surface area contributed by atoms with Gasteiger partial charge >= 0.3 is 5.97 Å².